The van der Waals surface area contributed by atoms with Crippen LogP contribution in [0.4, 0.5) is 13.2 Å². The molecule has 18 heteroatoms. The van der Waals surface area contributed by atoms with Gasteiger partial charge < -0.3 is 25.2 Å². The van der Waals surface area contributed by atoms with Gasteiger partial charge in [0.15, 0.2) is 28.3 Å². The van der Waals surface area contributed by atoms with E-state index in [2.05, 4.69) is 303 Å². The van der Waals surface area contributed by atoms with Gasteiger partial charge in [0.1, 0.15) is 30.5 Å². The number of pyridine rings is 5. The number of benzene rings is 14. The molecule has 2 N–H and O–H groups in total. The number of hydrogen-bond acceptors (Lipinski definition) is 8. The minimum Gasteiger partial charge on any atom is -0.512 e. The van der Waals surface area contributed by atoms with Crippen LogP contribution >= 0.6 is 0 Å². The number of rotatable bonds is 7. The summed E-state index contributed by atoms with van der Waals surface area (Å²) >= 11 is 0. The summed E-state index contributed by atoms with van der Waals surface area (Å²) in [5, 5.41) is 29.3. The van der Waals surface area contributed by atoms with Crippen LogP contribution in [0.5, 0.6) is 0 Å². The monoisotopic (exact) mass is 2370 g/mol. The van der Waals surface area contributed by atoms with Crippen LogP contribution in [0.3, 0.4) is 0 Å². The second kappa shape index (κ2) is 44.8. The summed E-state index contributed by atoms with van der Waals surface area (Å²) in [4.78, 5) is 37.8. The number of aryl methyl sites for hydroxylation is 4. The Labute approximate surface area is 848 Å². The summed E-state index contributed by atoms with van der Waals surface area (Å²) in [6, 6.07) is 125. The van der Waals surface area contributed by atoms with Crippen LogP contribution in [0, 0.1) is 52.0 Å². The van der Waals surface area contributed by atoms with Crippen LogP contribution in [0.25, 0.3) is 155 Å². The third-order valence-electron chi connectivity index (χ3n) is 24.2. The fourth-order valence-corrected chi connectivity index (χ4v) is 18.2. The minimum absolute atomic E-state index is 0. The number of imidazole rings is 2. The molecule has 3 radical (unpaired) electrons. The number of para-hydroxylation sites is 3. The molecule has 0 amide bonds. The molecule has 2 aliphatic heterocycles. The van der Waals surface area contributed by atoms with Gasteiger partial charge in [-0.15, -0.1) is 137 Å². The minimum atomic E-state index is -4.34. The molecule has 12 nitrogen and oxygen atoms in total. The van der Waals surface area contributed by atoms with Crippen LogP contribution in [0.2, 0.25) is 0 Å². The number of carbonyl (C=O) groups is 2. The summed E-state index contributed by atoms with van der Waals surface area (Å²) in [6.45, 7) is 20.8. The van der Waals surface area contributed by atoms with E-state index in [1.165, 1.54) is 189 Å². The van der Waals surface area contributed by atoms with E-state index in [-0.39, 0.29) is 96.2 Å². The summed E-state index contributed by atoms with van der Waals surface area (Å²) in [5.74, 6) is 1.15. The SMILES string of the molecule is C.CC(=O)C=C(C)O.CC(=O)C=C(C)O.CC1(C)c2ccc[c-]c2-c2nccc3cccc1c23.Cc1ccc(-c2[c-]cccc2)nc1.Cc1ccc2c(c1)c1cccc3c1c1n2c(-c2c(C)cccc2C)c[n+]1C3.FC(F)(F)c1c[c-]c(-c2ccc3ccccc3n2)cc1.[Ir].[Ir].[Ir].[c-]1ccccc1-c1nccc2ccccc12.c1ccc2c(c1)C[n+]1c-2n(-c2cccc3ccccc23)c2ccccc21. The molecule has 21 aromatic rings. The molecule has 699 valence electrons. The van der Waals surface area contributed by atoms with E-state index < -0.39 is 11.7 Å². The molecule has 24 rings (SSSR count). The number of halogens is 3. The number of nitrogens with zero attached hydrogens (tertiary/aromatic N) is 8. The van der Waals surface area contributed by atoms with E-state index in [1.54, 1.807) is 6.07 Å². The van der Waals surface area contributed by atoms with Gasteiger partial charge in [-0.2, -0.15) is 22.1 Å². The number of aliphatic hydroxyl groups excluding tert-OH is 2. The maximum Gasteiger partial charge on any atom is 0.381 e. The number of fused-ring (bicyclic) bond motifs is 13. The van der Waals surface area contributed by atoms with Gasteiger partial charge in [0.05, 0.1) is 28.0 Å². The number of alkyl halides is 3. The van der Waals surface area contributed by atoms with Crippen LogP contribution in [-0.2, 0) is 94.6 Å². The van der Waals surface area contributed by atoms with Crippen molar-refractivity contribution in [2.75, 3.05) is 0 Å². The maximum atomic E-state index is 12.5. The zero-order chi connectivity index (χ0) is 94.2. The van der Waals surface area contributed by atoms with Gasteiger partial charge in [-0.1, -0.05) is 221 Å². The van der Waals surface area contributed by atoms with E-state index in [0.29, 0.717) is 11.3 Å². The quantitative estimate of drug-likeness (QED) is 0.0528. The maximum absolute atomic E-state index is 12.5. The van der Waals surface area contributed by atoms with Crippen molar-refractivity contribution < 1.29 is 102 Å². The summed E-state index contributed by atoms with van der Waals surface area (Å²) in [6.07, 6.45) is 5.95. The summed E-state index contributed by atoms with van der Waals surface area (Å²) in [7, 11) is 0. The molecule has 0 bridgehead atoms. The van der Waals surface area contributed by atoms with E-state index in [1.807, 2.05) is 135 Å². The Morgan fingerprint density at radius 1 is 0.468 bits per heavy atom. The van der Waals surface area contributed by atoms with Crippen LogP contribution in [0.15, 0.2) is 382 Å². The third kappa shape index (κ3) is 22.1. The Morgan fingerprint density at radius 3 is 1.71 bits per heavy atom. The second-order valence-electron chi connectivity index (χ2n) is 34.3. The normalized spacial score (nSPS) is 11.9. The second-order valence-corrected chi connectivity index (χ2v) is 34.3. The number of aromatic nitrogens is 8. The van der Waals surface area contributed by atoms with Crippen LogP contribution in [0.1, 0.15) is 99.0 Å². The Hall–Kier alpha value is -14.4. The van der Waals surface area contributed by atoms with Crippen molar-refractivity contribution in [2.45, 2.75) is 101 Å². The number of carbonyl (C=O) groups excluding carboxylic acids is 2. The third-order valence-corrected chi connectivity index (χ3v) is 24.2. The zero-order valence-corrected chi connectivity index (χ0v) is 84.7. The number of hydrogen-bond donors (Lipinski definition) is 2. The first-order valence-electron chi connectivity index (χ1n) is 44.7. The van der Waals surface area contributed by atoms with E-state index in [4.69, 9.17) is 10.2 Å². The molecule has 0 unspecified atom stereocenters. The van der Waals surface area contributed by atoms with E-state index in [0.717, 1.165) is 69.9 Å². The predicted molar refractivity (Wildman–Crippen MR) is 546 cm³/mol. The van der Waals surface area contributed by atoms with Gasteiger partial charge in [0.2, 0.25) is 0 Å². The molecule has 14 aromatic carbocycles. The Balaban J connectivity index is 0.000000138. The molecule has 0 saturated carbocycles. The molecule has 7 aromatic heterocycles. The molecule has 9 heterocycles. The molecule has 3 aliphatic rings. The average Bonchev–Trinajstić information content (AvgIpc) is 1.56. The first kappa shape index (κ1) is 102. The summed E-state index contributed by atoms with van der Waals surface area (Å²) in [5.41, 5.74) is 28.6. The standard InChI is InChI=1S/C25H21N2.C24H17N2.C18H14N.C16H9F3N.C15H10N.C12H10N.2C5H8O2.CH4.3Ir/c1-15-10-11-21-20(12-15)19-9-5-8-18-13-26-14-22(27(21)25(26)24(18)19)23-16(2)6-4-7-17(23)3;1-3-11-19-17(8-1)10-7-15-21(19)26-23-14-6-5-13-22(23)25-16-18-9-2-4-12-20(18)24(25)26;1-18(2)14-8-4-3-7-13(14)17-16-12(10-11-19-17)6-5-9-15(16)18;17-16(18,19)13-8-5-12(6-9-13)15-10-7-11-3-1-2-4-14(11)20-15;1-2-7-13(8-3-1)15-14-9-5-4-6-12(14)10-11-16-15;1-10-7-8-12(13-9-10)11-5-3-2-4-6-11;2*1-4(6)3-5(2)7;;;;/h4-12,14H,13H2,1-3H3;1-15H,16H2;3-6,8-11H,1-2H3;1-5,7-10H;1-7,9-11H;2-5,7-9H,1H3;2*3,6H,1-2H3;1H4;;;/q2*+1;4*-1;;;;;;. The largest absolute Gasteiger partial charge is 0.512 e. The van der Waals surface area contributed by atoms with E-state index in [9.17, 15) is 22.8 Å². The van der Waals surface area contributed by atoms with Crippen molar-refractivity contribution in [1.82, 2.24) is 28.9 Å². The fraction of sp³-hybridized carbons (Fsp3) is 0.124. The molecule has 0 saturated heterocycles. The van der Waals surface area contributed by atoms with Crippen molar-refractivity contribution in [3.05, 3.63) is 456 Å². The van der Waals surface area contributed by atoms with Crippen molar-refractivity contribution in [3.63, 3.8) is 0 Å². The van der Waals surface area contributed by atoms with Crippen molar-refractivity contribution in [3.8, 4) is 73.4 Å². The first-order chi connectivity index (χ1) is 65.3. The zero-order valence-electron chi connectivity index (χ0n) is 77.6. The summed E-state index contributed by atoms with van der Waals surface area (Å²) < 4.78 is 47.3. The fourth-order valence-electron chi connectivity index (χ4n) is 18.2. The van der Waals surface area contributed by atoms with Crippen molar-refractivity contribution in [1.29, 1.82) is 0 Å². The first-order valence-corrected chi connectivity index (χ1v) is 44.7. The van der Waals surface area contributed by atoms with Gasteiger partial charge in [-0.25, -0.2) is 9.13 Å². The van der Waals surface area contributed by atoms with Gasteiger partial charge in [-0.05, 0) is 198 Å². The molecular formula is C121H101F3Ir3N8O4-2. The molecular weight excluding hydrogens is 2260 g/mol. The van der Waals surface area contributed by atoms with Crippen molar-refractivity contribution >= 4 is 93.1 Å². The van der Waals surface area contributed by atoms with Gasteiger partial charge in [-0.3, -0.25) is 14.6 Å². The predicted octanol–water partition coefficient (Wildman–Crippen LogP) is 28.9. The number of aliphatic hydroxyl groups is 2. The Bertz CT molecular complexity index is 8050. The van der Waals surface area contributed by atoms with Crippen LogP contribution in [-0.4, -0.2) is 50.7 Å². The number of ketones is 2. The molecule has 0 fully saturated rings. The van der Waals surface area contributed by atoms with Gasteiger partial charge >= 0.3 is 6.18 Å². The van der Waals surface area contributed by atoms with E-state index >= 15 is 0 Å². The number of allylic oxidation sites excluding steroid dienone is 4. The Kier molecular flexibility index (Phi) is 32.9. The molecule has 0 atom stereocenters. The van der Waals surface area contributed by atoms with Gasteiger partial charge in [0, 0.05) is 124 Å². The topological polar surface area (TPSA) is 143 Å². The molecule has 1 aliphatic carbocycles. The van der Waals surface area contributed by atoms with Crippen LogP contribution < -0.4 is 9.13 Å². The van der Waals surface area contributed by atoms with Gasteiger partial charge in [0.25, 0.3) is 11.5 Å². The average molecular weight is 2360 g/mol. The Morgan fingerprint density at radius 2 is 1.04 bits per heavy atom. The van der Waals surface area contributed by atoms with Crippen molar-refractivity contribution in [2.24, 2.45) is 0 Å². The molecule has 139 heavy (non-hydrogen) atoms. The smallest absolute Gasteiger partial charge is 0.381 e. The molecule has 0 spiro atoms.